The van der Waals surface area contributed by atoms with Gasteiger partial charge in [-0.3, -0.25) is 4.79 Å². The minimum absolute atomic E-state index is 0.116. The van der Waals surface area contributed by atoms with Gasteiger partial charge in [0.15, 0.2) is 5.65 Å². The lowest BCUT2D eigenvalue weighted by atomic mass is 9.97. The predicted molar refractivity (Wildman–Crippen MR) is 137 cm³/mol. The van der Waals surface area contributed by atoms with Gasteiger partial charge in [-0.2, -0.15) is 18.3 Å². The van der Waals surface area contributed by atoms with Crippen LogP contribution in [0.4, 0.5) is 23.2 Å². The third-order valence-corrected chi connectivity index (χ3v) is 6.68. The molecular formula is C28H27F4N5O. The zero-order valence-corrected chi connectivity index (χ0v) is 20.9. The summed E-state index contributed by atoms with van der Waals surface area (Å²) in [6.07, 6.45) is -1.72. The number of imidazole rings is 1. The first kappa shape index (κ1) is 25.7. The fourth-order valence-electron chi connectivity index (χ4n) is 4.38. The minimum atomic E-state index is -4.31. The van der Waals surface area contributed by atoms with Crippen LogP contribution in [0.25, 0.3) is 16.9 Å². The van der Waals surface area contributed by atoms with E-state index in [-0.39, 0.29) is 30.2 Å². The van der Waals surface area contributed by atoms with Crippen LogP contribution in [-0.2, 0) is 0 Å². The zero-order valence-electron chi connectivity index (χ0n) is 20.9. The number of hydrogen-bond acceptors (Lipinski definition) is 4. The lowest BCUT2D eigenvalue weighted by Crippen LogP contribution is -2.26. The molecule has 2 aromatic carbocycles. The summed E-state index contributed by atoms with van der Waals surface area (Å²) in [5, 5.41) is 10.6. The molecule has 0 bridgehead atoms. The van der Waals surface area contributed by atoms with E-state index in [1.54, 1.807) is 41.0 Å². The Labute approximate surface area is 217 Å². The molecular weight excluding hydrogens is 498 g/mol. The van der Waals surface area contributed by atoms with Crippen LogP contribution in [0, 0.1) is 12.7 Å². The van der Waals surface area contributed by atoms with Gasteiger partial charge in [0.1, 0.15) is 5.82 Å². The summed E-state index contributed by atoms with van der Waals surface area (Å²) in [7, 11) is 0. The van der Waals surface area contributed by atoms with Crippen LogP contribution >= 0.6 is 0 Å². The van der Waals surface area contributed by atoms with Crippen LogP contribution < -0.4 is 10.6 Å². The highest BCUT2D eigenvalue weighted by atomic mass is 19.4. The molecule has 2 N–H and O–H groups in total. The van der Waals surface area contributed by atoms with Crippen molar-refractivity contribution in [3.05, 3.63) is 82.9 Å². The molecule has 10 heteroatoms. The molecule has 2 aromatic heterocycles. The highest BCUT2D eigenvalue weighted by Gasteiger charge is 2.27. The summed E-state index contributed by atoms with van der Waals surface area (Å²) >= 11 is 0. The number of nitrogens with zero attached hydrogens (tertiary/aromatic N) is 3. The number of hydrogen-bond donors (Lipinski definition) is 2. The zero-order chi connectivity index (χ0) is 27.0. The molecule has 1 aliphatic rings. The van der Waals surface area contributed by atoms with Gasteiger partial charge >= 0.3 is 6.18 Å². The Morgan fingerprint density at radius 3 is 2.63 bits per heavy atom. The molecule has 1 amide bonds. The Balaban J connectivity index is 1.54. The number of nitrogens with one attached hydrogen (secondary N) is 2. The van der Waals surface area contributed by atoms with E-state index in [0.717, 1.165) is 24.0 Å². The fourth-order valence-corrected chi connectivity index (χ4v) is 4.38. The summed E-state index contributed by atoms with van der Waals surface area (Å²) in [4.78, 5) is 17.0. The molecule has 1 saturated carbocycles. The van der Waals surface area contributed by atoms with Gasteiger partial charge in [0.2, 0.25) is 0 Å². The number of carbonyl (C=O) groups excluding carboxylic acids is 1. The van der Waals surface area contributed by atoms with E-state index in [2.05, 4.69) is 15.6 Å². The van der Waals surface area contributed by atoms with Crippen molar-refractivity contribution in [3.63, 3.8) is 0 Å². The minimum Gasteiger partial charge on any atom is -0.382 e. The van der Waals surface area contributed by atoms with Crippen LogP contribution in [0.15, 0.2) is 54.7 Å². The quantitative estimate of drug-likeness (QED) is 0.267. The van der Waals surface area contributed by atoms with Crippen LogP contribution in [0.3, 0.4) is 0 Å². The van der Waals surface area contributed by atoms with Gasteiger partial charge in [-0.1, -0.05) is 25.1 Å². The second kappa shape index (κ2) is 10.1. The third kappa shape index (κ3) is 5.64. The van der Waals surface area contributed by atoms with E-state index in [1.165, 1.54) is 12.1 Å². The second-order valence-electron chi connectivity index (χ2n) is 9.71. The van der Waals surface area contributed by atoms with E-state index in [4.69, 9.17) is 5.10 Å². The molecule has 5 rings (SSSR count). The summed E-state index contributed by atoms with van der Waals surface area (Å²) < 4.78 is 54.0. The van der Waals surface area contributed by atoms with Gasteiger partial charge in [-0.15, -0.1) is 0 Å². The maximum absolute atomic E-state index is 13.9. The monoisotopic (exact) mass is 525 g/mol. The Morgan fingerprint density at radius 2 is 1.95 bits per heavy atom. The highest BCUT2D eigenvalue weighted by Crippen LogP contribution is 2.31. The van der Waals surface area contributed by atoms with Crippen LogP contribution in [0.2, 0.25) is 0 Å². The molecule has 1 fully saturated rings. The molecule has 0 aliphatic heterocycles. The molecule has 198 valence electrons. The Morgan fingerprint density at radius 1 is 1.16 bits per heavy atom. The molecule has 2 heterocycles. The normalized spacial score (nSPS) is 14.5. The first-order chi connectivity index (χ1) is 18.1. The van der Waals surface area contributed by atoms with Gasteiger partial charge < -0.3 is 10.6 Å². The van der Waals surface area contributed by atoms with Crippen molar-refractivity contribution in [2.24, 2.45) is 0 Å². The van der Waals surface area contributed by atoms with E-state index in [0.29, 0.717) is 33.8 Å². The molecule has 1 atom stereocenters. The number of aryl methyl sites for hydroxylation is 1. The van der Waals surface area contributed by atoms with E-state index < -0.39 is 12.6 Å². The first-order valence-electron chi connectivity index (χ1n) is 12.5. The van der Waals surface area contributed by atoms with Crippen molar-refractivity contribution >= 4 is 17.2 Å². The molecule has 38 heavy (non-hydrogen) atoms. The summed E-state index contributed by atoms with van der Waals surface area (Å²) in [5.74, 6) is -0.845. The van der Waals surface area contributed by atoms with Crippen molar-refractivity contribution in [2.75, 3.05) is 11.9 Å². The molecule has 6 nitrogen and oxygen atoms in total. The predicted octanol–water partition coefficient (Wildman–Crippen LogP) is 6.25. The highest BCUT2D eigenvalue weighted by molar-refractivity contribution is 5.96. The summed E-state index contributed by atoms with van der Waals surface area (Å²) in [5.41, 5.74) is 4.71. The van der Waals surface area contributed by atoms with Crippen LogP contribution in [0.1, 0.15) is 59.3 Å². The van der Waals surface area contributed by atoms with Crippen molar-refractivity contribution in [3.8, 4) is 11.3 Å². The smallest absolute Gasteiger partial charge is 0.382 e. The molecule has 0 radical (unpaired) electrons. The molecule has 4 aromatic rings. The van der Waals surface area contributed by atoms with Gasteiger partial charge in [-0.25, -0.2) is 13.9 Å². The average molecular weight is 526 g/mol. The van der Waals surface area contributed by atoms with Crippen LogP contribution in [-0.4, -0.2) is 39.3 Å². The maximum atomic E-state index is 13.9. The van der Waals surface area contributed by atoms with Crippen LogP contribution in [0.5, 0.6) is 0 Å². The fraction of sp³-hybridized carbons (Fsp3) is 0.321. The van der Waals surface area contributed by atoms with Crippen molar-refractivity contribution in [1.29, 1.82) is 0 Å². The largest absolute Gasteiger partial charge is 0.390 e. The van der Waals surface area contributed by atoms with Gasteiger partial charge in [0.25, 0.3) is 5.91 Å². The van der Waals surface area contributed by atoms with Crippen molar-refractivity contribution in [1.82, 2.24) is 19.9 Å². The number of halogens is 4. The number of fused-ring (bicyclic) bond motifs is 1. The summed E-state index contributed by atoms with van der Waals surface area (Å²) in [6, 6.07) is 13.5. The van der Waals surface area contributed by atoms with Crippen molar-refractivity contribution < 1.29 is 22.4 Å². The lowest BCUT2D eigenvalue weighted by molar-refractivity contribution is -0.131. The Hall–Kier alpha value is -3.95. The van der Waals surface area contributed by atoms with Gasteiger partial charge in [-0.05, 0) is 61.2 Å². The Bertz CT molecular complexity index is 1490. The van der Waals surface area contributed by atoms with E-state index in [9.17, 15) is 22.4 Å². The molecule has 1 unspecified atom stereocenters. The number of carbonyl (C=O) groups is 1. The number of aromatic nitrogens is 3. The average Bonchev–Trinajstić information content (AvgIpc) is 3.57. The topological polar surface area (TPSA) is 71.3 Å². The third-order valence-electron chi connectivity index (χ3n) is 6.68. The number of rotatable bonds is 8. The van der Waals surface area contributed by atoms with E-state index in [1.807, 2.05) is 19.9 Å². The SMILES string of the molecule is Cc1cc(-c2cnc3c(NCCC(F)(F)F)cc(C(C)c4cccc(F)c4)nn23)ccc1C(=O)NC1CC1. The van der Waals surface area contributed by atoms with Gasteiger partial charge in [0.05, 0.1) is 29.7 Å². The van der Waals surface area contributed by atoms with E-state index >= 15 is 0 Å². The second-order valence-corrected chi connectivity index (χ2v) is 9.71. The molecule has 1 aliphatic carbocycles. The standard InChI is InChI=1S/C28H27F4N5O/c1-16-12-19(6-9-22(16)27(38)35-21-7-8-21)25-15-34-26-24(33-11-10-28(30,31)32)14-23(36-37(25)26)17(2)18-4-3-5-20(29)13-18/h3-6,9,12-15,17,21,33H,7-8,10-11H2,1-2H3,(H,35,38). The number of alkyl halides is 3. The van der Waals surface area contributed by atoms with Gasteiger partial charge in [0, 0.05) is 29.6 Å². The lowest BCUT2D eigenvalue weighted by Gasteiger charge is -2.16. The molecule has 0 saturated heterocycles. The number of benzene rings is 2. The first-order valence-corrected chi connectivity index (χ1v) is 12.5. The van der Waals surface area contributed by atoms with Crippen molar-refractivity contribution in [2.45, 2.75) is 51.2 Å². The summed E-state index contributed by atoms with van der Waals surface area (Å²) in [6.45, 7) is 3.38. The number of anilines is 1. The Kier molecular flexibility index (Phi) is 6.81. The molecule has 0 spiro atoms. The maximum Gasteiger partial charge on any atom is 0.390 e. The number of amides is 1.